The van der Waals surface area contributed by atoms with Gasteiger partial charge >= 0.3 is 5.97 Å². The molecule has 0 saturated heterocycles. The minimum absolute atomic E-state index is 0.0140. The highest BCUT2D eigenvalue weighted by molar-refractivity contribution is 5.93. The Kier molecular flexibility index (Phi) is 3.10. The van der Waals surface area contributed by atoms with E-state index in [1.807, 2.05) is 6.07 Å². The van der Waals surface area contributed by atoms with Crippen LogP contribution in [0.15, 0.2) is 24.4 Å². The molecule has 0 bridgehead atoms. The van der Waals surface area contributed by atoms with Crippen molar-refractivity contribution in [2.24, 2.45) is 0 Å². The third-order valence-corrected chi connectivity index (χ3v) is 3.98. The Balaban J connectivity index is 2.06. The molecule has 0 aliphatic heterocycles. The van der Waals surface area contributed by atoms with Crippen LogP contribution in [0, 0.1) is 0 Å². The number of fused-ring (bicyclic) bond motifs is 1. The third-order valence-electron chi connectivity index (χ3n) is 3.98. The molecule has 1 aliphatic rings. The van der Waals surface area contributed by atoms with Gasteiger partial charge in [-0.3, -0.25) is 4.40 Å². The molecule has 106 valence electrons. The fraction of sp³-hybridized carbons (Fsp3) is 0.429. The number of hydrogen-bond donors (Lipinski definition) is 3. The van der Waals surface area contributed by atoms with E-state index in [9.17, 15) is 15.0 Å². The molecule has 1 aliphatic carbocycles. The number of carboxylic acid groups (broad SMARTS) is 1. The van der Waals surface area contributed by atoms with Crippen molar-refractivity contribution in [2.75, 3.05) is 11.9 Å². The minimum Gasteiger partial charge on any atom is -0.476 e. The van der Waals surface area contributed by atoms with Crippen LogP contribution in [0.2, 0.25) is 0 Å². The summed E-state index contributed by atoms with van der Waals surface area (Å²) >= 11 is 0. The molecule has 2 aromatic rings. The summed E-state index contributed by atoms with van der Waals surface area (Å²) in [6, 6.07) is 5.34. The molecule has 1 saturated carbocycles. The first kappa shape index (κ1) is 12.9. The molecule has 20 heavy (non-hydrogen) atoms. The van der Waals surface area contributed by atoms with Gasteiger partial charge in [-0.25, -0.2) is 9.78 Å². The SMILES string of the molecule is O=C(O)c1c(NC2(CO)CCCC2)nc2ccccn12. The van der Waals surface area contributed by atoms with Crippen LogP contribution in [-0.4, -0.2) is 37.7 Å². The van der Waals surface area contributed by atoms with Crippen LogP contribution in [-0.2, 0) is 0 Å². The lowest BCUT2D eigenvalue weighted by atomic mass is 9.99. The van der Waals surface area contributed by atoms with Gasteiger partial charge in [0, 0.05) is 6.20 Å². The van der Waals surface area contributed by atoms with E-state index in [0.717, 1.165) is 25.7 Å². The monoisotopic (exact) mass is 275 g/mol. The zero-order valence-corrected chi connectivity index (χ0v) is 11.0. The normalized spacial score (nSPS) is 17.4. The van der Waals surface area contributed by atoms with Crippen LogP contribution in [0.25, 0.3) is 5.65 Å². The quantitative estimate of drug-likeness (QED) is 0.791. The van der Waals surface area contributed by atoms with Crippen molar-refractivity contribution in [3.63, 3.8) is 0 Å². The zero-order chi connectivity index (χ0) is 14.2. The Labute approximate surface area is 116 Å². The van der Waals surface area contributed by atoms with E-state index in [0.29, 0.717) is 11.5 Å². The van der Waals surface area contributed by atoms with E-state index in [-0.39, 0.29) is 12.3 Å². The number of imidazole rings is 1. The van der Waals surface area contributed by atoms with Gasteiger partial charge < -0.3 is 15.5 Å². The molecule has 3 rings (SSSR count). The first-order valence-electron chi connectivity index (χ1n) is 6.75. The maximum absolute atomic E-state index is 11.5. The van der Waals surface area contributed by atoms with Crippen LogP contribution >= 0.6 is 0 Å². The van der Waals surface area contributed by atoms with Gasteiger partial charge in [0.15, 0.2) is 11.5 Å². The molecular formula is C14H17N3O3. The number of carbonyl (C=O) groups is 1. The number of aromatic carboxylic acids is 1. The number of aliphatic hydroxyl groups is 1. The van der Waals surface area contributed by atoms with Crippen LogP contribution in [0.3, 0.4) is 0 Å². The number of rotatable bonds is 4. The summed E-state index contributed by atoms with van der Waals surface area (Å²) in [6.45, 7) is -0.0140. The highest BCUT2D eigenvalue weighted by Crippen LogP contribution is 2.33. The Morgan fingerprint density at radius 2 is 2.15 bits per heavy atom. The first-order chi connectivity index (χ1) is 9.65. The van der Waals surface area contributed by atoms with Gasteiger partial charge in [0.25, 0.3) is 0 Å². The van der Waals surface area contributed by atoms with Crippen molar-refractivity contribution < 1.29 is 15.0 Å². The molecule has 0 radical (unpaired) electrons. The number of carboxylic acids is 1. The van der Waals surface area contributed by atoms with Gasteiger partial charge in [-0.1, -0.05) is 18.9 Å². The van der Waals surface area contributed by atoms with Gasteiger partial charge in [-0.15, -0.1) is 0 Å². The second-order valence-corrected chi connectivity index (χ2v) is 5.31. The van der Waals surface area contributed by atoms with Crippen LogP contribution in [0.4, 0.5) is 5.82 Å². The van der Waals surface area contributed by atoms with E-state index in [2.05, 4.69) is 10.3 Å². The van der Waals surface area contributed by atoms with Crippen LogP contribution in [0.5, 0.6) is 0 Å². The molecular weight excluding hydrogens is 258 g/mol. The molecule has 6 nitrogen and oxygen atoms in total. The van der Waals surface area contributed by atoms with E-state index in [4.69, 9.17) is 0 Å². The van der Waals surface area contributed by atoms with Crippen molar-refractivity contribution >= 4 is 17.4 Å². The van der Waals surface area contributed by atoms with Crippen molar-refractivity contribution in [3.05, 3.63) is 30.1 Å². The average molecular weight is 275 g/mol. The highest BCUT2D eigenvalue weighted by Gasteiger charge is 2.35. The lowest BCUT2D eigenvalue weighted by Gasteiger charge is -2.28. The predicted molar refractivity (Wildman–Crippen MR) is 74.1 cm³/mol. The highest BCUT2D eigenvalue weighted by atomic mass is 16.4. The lowest BCUT2D eigenvalue weighted by Crippen LogP contribution is -2.39. The zero-order valence-electron chi connectivity index (χ0n) is 11.0. The van der Waals surface area contributed by atoms with Crippen molar-refractivity contribution in [2.45, 2.75) is 31.2 Å². The topological polar surface area (TPSA) is 86.9 Å². The second-order valence-electron chi connectivity index (χ2n) is 5.31. The summed E-state index contributed by atoms with van der Waals surface area (Å²) in [6.07, 6.45) is 5.40. The van der Waals surface area contributed by atoms with Gasteiger partial charge in [0.2, 0.25) is 0 Å². The van der Waals surface area contributed by atoms with Gasteiger partial charge in [-0.05, 0) is 25.0 Å². The molecule has 2 aromatic heterocycles. The molecule has 3 N–H and O–H groups in total. The summed E-state index contributed by atoms with van der Waals surface area (Å²) in [5.74, 6) is -0.697. The van der Waals surface area contributed by atoms with Gasteiger partial charge in [-0.2, -0.15) is 0 Å². The number of hydrogen-bond acceptors (Lipinski definition) is 4. The number of nitrogens with zero attached hydrogens (tertiary/aromatic N) is 2. The minimum atomic E-state index is -1.03. The summed E-state index contributed by atoms with van der Waals surface area (Å²) in [5, 5.41) is 22.2. The molecule has 1 fully saturated rings. The largest absolute Gasteiger partial charge is 0.476 e. The molecule has 0 unspecified atom stereocenters. The summed E-state index contributed by atoms with van der Waals surface area (Å²) in [7, 11) is 0. The van der Waals surface area contributed by atoms with E-state index < -0.39 is 11.5 Å². The van der Waals surface area contributed by atoms with Gasteiger partial charge in [0.1, 0.15) is 5.65 Å². The Hall–Kier alpha value is -2.08. The fourth-order valence-electron chi connectivity index (χ4n) is 2.91. The van der Waals surface area contributed by atoms with Crippen molar-refractivity contribution in [1.29, 1.82) is 0 Å². The smallest absolute Gasteiger partial charge is 0.356 e. The molecule has 0 aromatic carbocycles. The summed E-state index contributed by atoms with van der Waals surface area (Å²) in [4.78, 5) is 15.9. The first-order valence-corrected chi connectivity index (χ1v) is 6.75. The Bertz CT molecular complexity index is 644. The van der Waals surface area contributed by atoms with Crippen LogP contribution < -0.4 is 5.32 Å². The lowest BCUT2D eigenvalue weighted by molar-refractivity contribution is 0.0690. The van der Waals surface area contributed by atoms with E-state index in [1.165, 1.54) is 0 Å². The Morgan fingerprint density at radius 3 is 2.80 bits per heavy atom. The second kappa shape index (κ2) is 4.79. The summed E-state index contributed by atoms with van der Waals surface area (Å²) in [5.41, 5.74) is 0.251. The fourth-order valence-corrected chi connectivity index (χ4v) is 2.91. The van der Waals surface area contributed by atoms with Crippen molar-refractivity contribution in [3.8, 4) is 0 Å². The van der Waals surface area contributed by atoms with Gasteiger partial charge in [0.05, 0.1) is 12.1 Å². The average Bonchev–Trinajstić information content (AvgIpc) is 3.03. The maximum atomic E-state index is 11.5. The maximum Gasteiger partial charge on any atom is 0.356 e. The number of aliphatic hydroxyl groups excluding tert-OH is 1. The standard InChI is InChI=1S/C14H17N3O3/c18-9-14(6-2-3-7-14)16-12-11(13(19)20)17-8-4-1-5-10(17)15-12/h1,4-5,8,16,18H,2-3,6-7,9H2,(H,19,20). The van der Waals surface area contributed by atoms with E-state index in [1.54, 1.807) is 22.7 Å². The number of aromatic nitrogens is 2. The van der Waals surface area contributed by atoms with Crippen molar-refractivity contribution in [1.82, 2.24) is 9.38 Å². The molecule has 0 atom stereocenters. The molecule has 2 heterocycles. The van der Waals surface area contributed by atoms with Crippen LogP contribution in [0.1, 0.15) is 36.2 Å². The third kappa shape index (κ3) is 2.02. The predicted octanol–water partition coefficient (Wildman–Crippen LogP) is 1.75. The Morgan fingerprint density at radius 1 is 1.40 bits per heavy atom. The summed E-state index contributed by atoms with van der Waals surface area (Å²) < 4.78 is 1.55. The molecule has 0 spiro atoms. The number of pyridine rings is 1. The number of anilines is 1. The molecule has 0 amide bonds. The number of nitrogens with one attached hydrogen (secondary N) is 1. The molecule has 6 heteroatoms. The van der Waals surface area contributed by atoms with E-state index >= 15 is 0 Å².